The first-order valence-corrected chi connectivity index (χ1v) is 12.1. The highest BCUT2D eigenvalue weighted by Crippen LogP contribution is 2.42. The third kappa shape index (κ3) is 3.99. The number of hydrogen-bond donors (Lipinski definition) is 1. The van der Waals surface area contributed by atoms with Crippen LogP contribution in [0.1, 0.15) is 52.8 Å². The molecule has 1 aliphatic rings. The first-order valence-electron chi connectivity index (χ1n) is 11.7. The lowest BCUT2D eigenvalue weighted by Gasteiger charge is -2.28. The van der Waals surface area contributed by atoms with Crippen molar-refractivity contribution in [1.82, 2.24) is 24.8 Å². The van der Waals surface area contributed by atoms with Crippen LogP contribution in [0.4, 0.5) is 0 Å². The number of nitrogens with zero attached hydrogens (tertiary/aromatic N) is 4. The van der Waals surface area contributed by atoms with Crippen LogP contribution in [0.5, 0.6) is 0 Å². The highest BCUT2D eigenvalue weighted by molar-refractivity contribution is 7.80. The number of para-hydroxylation sites is 1. The smallest absolute Gasteiger partial charge is 0.170 e. The summed E-state index contributed by atoms with van der Waals surface area (Å²) in [4.78, 5) is 11.2. The summed E-state index contributed by atoms with van der Waals surface area (Å²) in [6.07, 6.45) is 6.51. The van der Waals surface area contributed by atoms with Gasteiger partial charge in [0.2, 0.25) is 0 Å². The van der Waals surface area contributed by atoms with Crippen molar-refractivity contribution >= 4 is 17.3 Å². The lowest BCUT2D eigenvalue weighted by molar-refractivity contribution is 0.310. The summed E-state index contributed by atoms with van der Waals surface area (Å²) < 4.78 is 2.38. The standard InChI is InChI=1S/C28H29N5S/c1-4-22-9-5-6-11-25(22)33-19(2)17-23(20(33)3)27-26(24-10-7-8-14-30-24)31-28(34)32(27)18-21-12-15-29-16-13-21/h5-17,26-27H,4,18H2,1-3H3,(H,31,34). The summed E-state index contributed by atoms with van der Waals surface area (Å²) >= 11 is 5.87. The second-order valence-corrected chi connectivity index (χ2v) is 9.14. The van der Waals surface area contributed by atoms with Crippen molar-refractivity contribution < 1.29 is 0 Å². The number of thiocarbonyl (C=S) groups is 1. The van der Waals surface area contributed by atoms with Crippen molar-refractivity contribution in [2.24, 2.45) is 0 Å². The van der Waals surface area contributed by atoms with E-state index in [-0.39, 0.29) is 12.1 Å². The summed E-state index contributed by atoms with van der Waals surface area (Å²) in [7, 11) is 0. The van der Waals surface area contributed by atoms with E-state index in [4.69, 9.17) is 17.2 Å². The Balaban J connectivity index is 1.64. The average Bonchev–Trinajstić information content (AvgIpc) is 3.35. The number of pyridine rings is 2. The normalized spacial score (nSPS) is 17.7. The Hall–Kier alpha value is -3.51. The van der Waals surface area contributed by atoms with Gasteiger partial charge < -0.3 is 14.8 Å². The van der Waals surface area contributed by atoms with Gasteiger partial charge in [-0.2, -0.15) is 0 Å². The Morgan fingerprint density at radius 3 is 2.47 bits per heavy atom. The quantitative estimate of drug-likeness (QED) is 0.373. The molecule has 0 saturated carbocycles. The van der Waals surface area contributed by atoms with Gasteiger partial charge in [0.05, 0.1) is 17.8 Å². The molecule has 2 atom stereocenters. The molecule has 6 heteroatoms. The predicted molar refractivity (Wildman–Crippen MR) is 140 cm³/mol. The van der Waals surface area contributed by atoms with Crippen LogP contribution in [0.15, 0.2) is 79.3 Å². The van der Waals surface area contributed by atoms with Crippen LogP contribution < -0.4 is 5.32 Å². The molecule has 5 nitrogen and oxygen atoms in total. The van der Waals surface area contributed by atoms with E-state index in [9.17, 15) is 0 Å². The van der Waals surface area contributed by atoms with E-state index in [2.05, 4.69) is 89.1 Å². The van der Waals surface area contributed by atoms with E-state index in [1.807, 2.05) is 30.7 Å². The van der Waals surface area contributed by atoms with Gasteiger partial charge in [0, 0.05) is 42.2 Å². The minimum Gasteiger partial charge on any atom is -0.352 e. The first-order chi connectivity index (χ1) is 16.6. The molecule has 1 N–H and O–H groups in total. The van der Waals surface area contributed by atoms with Crippen molar-refractivity contribution in [2.45, 2.75) is 45.8 Å². The molecule has 2 unspecified atom stereocenters. The number of aromatic nitrogens is 3. The highest BCUT2D eigenvalue weighted by Gasteiger charge is 2.41. The van der Waals surface area contributed by atoms with E-state index < -0.39 is 0 Å². The van der Waals surface area contributed by atoms with Crippen molar-refractivity contribution in [1.29, 1.82) is 0 Å². The summed E-state index contributed by atoms with van der Waals surface area (Å²) in [5.74, 6) is 0. The molecule has 1 fully saturated rings. The Labute approximate surface area is 206 Å². The molecule has 4 aromatic rings. The fourth-order valence-corrected chi connectivity index (χ4v) is 5.39. The molecule has 0 bridgehead atoms. The lowest BCUT2D eigenvalue weighted by atomic mass is 9.96. The molecule has 3 aromatic heterocycles. The lowest BCUT2D eigenvalue weighted by Crippen LogP contribution is -2.29. The maximum atomic E-state index is 5.87. The minimum atomic E-state index is -0.0362. The molecule has 0 spiro atoms. The Kier molecular flexibility index (Phi) is 6.16. The average molecular weight is 468 g/mol. The Bertz CT molecular complexity index is 1300. The molecule has 0 radical (unpaired) electrons. The van der Waals surface area contributed by atoms with Crippen LogP contribution in [0.3, 0.4) is 0 Å². The van der Waals surface area contributed by atoms with Gasteiger partial charge in [-0.05, 0) is 85.6 Å². The molecule has 0 aliphatic carbocycles. The summed E-state index contributed by atoms with van der Waals surface area (Å²) in [5, 5.41) is 4.32. The zero-order valence-corrected chi connectivity index (χ0v) is 20.6. The van der Waals surface area contributed by atoms with Gasteiger partial charge in [-0.3, -0.25) is 9.97 Å². The fourth-order valence-electron chi connectivity index (χ4n) is 5.08. The van der Waals surface area contributed by atoms with Gasteiger partial charge in [0.25, 0.3) is 0 Å². The molecule has 1 aromatic carbocycles. The minimum absolute atomic E-state index is 0.0179. The molecule has 1 saturated heterocycles. The van der Waals surface area contributed by atoms with Gasteiger partial charge in [-0.25, -0.2) is 0 Å². The number of hydrogen-bond acceptors (Lipinski definition) is 3. The Morgan fingerprint density at radius 1 is 0.971 bits per heavy atom. The van der Waals surface area contributed by atoms with Crippen molar-refractivity contribution in [2.75, 3.05) is 0 Å². The van der Waals surface area contributed by atoms with E-state index in [0.29, 0.717) is 6.54 Å². The third-order valence-electron chi connectivity index (χ3n) is 6.70. The van der Waals surface area contributed by atoms with Gasteiger partial charge >= 0.3 is 0 Å². The predicted octanol–water partition coefficient (Wildman–Crippen LogP) is 5.62. The van der Waals surface area contributed by atoms with E-state index in [0.717, 1.165) is 17.2 Å². The first kappa shape index (κ1) is 22.3. The highest BCUT2D eigenvalue weighted by atomic mass is 32.1. The van der Waals surface area contributed by atoms with Gasteiger partial charge in [-0.1, -0.05) is 31.2 Å². The number of nitrogens with one attached hydrogen (secondary N) is 1. The zero-order valence-electron chi connectivity index (χ0n) is 19.8. The van der Waals surface area contributed by atoms with Crippen LogP contribution in [-0.4, -0.2) is 24.5 Å². The second-order valence-electron chi connectivity index (χ2n) is 8.75. The topological polar surface area (TPSA) is 46.0 Å². The Morgan fingerprint density at radius 2 is 1.74 bits per heavy atom. The molecular weight excluding hydrogens is 438 g/mol. The van der Waals surface area contributed by atoms with Gasteiger partial charge in [0.15, 0.2) is 5.11 Å². The molecule has 4 heterocycles. The van der Waals surface area contributed by atoms with Gasteiger partial charge in [0.1, 0.15) is 0 Å². The summed E-state index contributed by atoms with van der Waals surface area (Å²) in [5.41, 5.74) is 8.47. The number of benzene rings is 1. The van der Waals surface area contributed by atoms with Crippen LogP contribution in [0.2, 0.25) is 0 Å². The monoisotopic (exact) mass is 467 g/mol. The second kappa shape index (κ2) is 9.39. The van der Waals surface area contributed by atoms with Crippen LogP contribution in [0, 0.1) is 13.8 Å². The van der Waals surface area contributed by atoms with E-state index in [1.54, 1.807) is 0 Å². The van der Waals surface area contributed by atoms with Crippen LogP contribution in [-0.2, 0) is 13.0 Å². The molecular formula is C28H29N5S. The largest absolute Gasteiger partial charge is 0.352 e. The summed E-state index contributed by atoms with van der Waals surface area (Å²) in [6, 6.07) is 21.1. The zero-order chi connectivity index (χ0) is 23.7. The van der Waals surface area contributed by atoms with Crippen molar-refractivity contribution in [3.05, 3.63) is 113 Å². The SMILES string of the molecule is CCc1ccccc1-n1c(C)cc(C2C(c3ccccn3)NC(=S)N2Cc2ccncc2)c1C. The maximum absolute atomic E-state index is 5.87. The number of rotatable bonds is 6. The van der Waals surface area contributed by atoms with Crippen molar-refractivity contribution in [3.8, 4) is 5.69 Å². The maximum Gasteiger partial charge on any atom is 0.170 e. The third-order valence-corrected chi connectivity index (χ3v) is 7.05. The molecule has 0 amide bonds. The van der Waals surface area contributed by atoms with Crippen molar-refractivity contribution in [3.63, 3.8) is 0 Å². The van der Waals surface area contributed by atoms with E-state index in [1.165, 1.54) is 33.8 Å². The molecule has 5 rings (SSSR count). The van der Waals surface area contributed by atoms with Crippen LogP contribution >= 0.6 is 12.2 Å². The molecule has 34 heavy (non-hydrogen) atoms. The van der Waals surface area contributed by atoms with Gasteiger partial charge in [-0.15, -0.1) is 0 Å². The molecule has 1 aliphatic heterocycles. The summed E-state index contributed by atoms with van der Waals surface area (Å²) in [6.45, 7) is 7.32. The fraction of sp³-hybridized carbons (Fsp3) is 0.250. The molecule has 172 valence electrons. The number of aryl methyl sites for hydroxylation is 2. The van der Waals surface area contributed by atoms with E-state index >= 15 is 0 Å². The van der Waals surface area contributed by atoms with Crippen LogP contribution in [0.25, 0.3) is 5.69 Å².